The van der Waals surface area contributed by atoms with Gasteiger partial charge in [-0.25, -0.2) is 4.79 Å². The van der Waals surface area contributed by atoms with Gasteiger partial charge < -0.3 is 30.0 Å². The van der Waals surface area contributed by atoms with Crippen LogP contribution in [-0.4, -0.2) is 61.5 Å². The third kappa shape index (κ3) is 4.84. The van der Waals surface area contributed by atoms with E-state index in [4.69, 9.17) is 14.2 Å². The van der Waals surface area contributed by atoms with Crippen LogP contribution < -0.4 is 10.6 Å². The van der Waals surface area contributed by atoms with Crippen LogP contribution in [0.15, 0.2) is 30.3 Å². The Morgan fingerprint density at radius 3 is 2.86 bits per heavy atom. The molecule has 154 valence electrons. The van der Waals surface area contributed by atoms with Gasteiger partial charge in [-0.05, 0) is 30.7 Å². The molecular formula is C21H30N2O5. The quantitative estimate of drug-likeness (QED) is 0.623. The number of hydrogen-bond donors (Lipinski definition) is 3. The van der Waals surface area contributed by atoms with Crippen molar-refractivity contribution in [3.8, 4) is 0 Å². The summed E-state index contributed by atoms with van der Waals surface area (Å²) >= 11 is 0. The molecule has 1 amide bonds. The second kappa shape index (κ2) is 8.78. The first-order valence-corrected chi connectivity index (χ1v) is 10.3. The van der Waals surface area contributed by atoms with E-state index in [1.807, 2.05) is 30.3 Å². The summed E-state index contributed by atoms with van der Waals surface area (Å²) in [4.78, 5) is 12.5. The van der Waals surface area contributed by atoms with Crippen molar-refractivity contribution in [2.24, 2.45) is 11.8 Å². The molecule has 3 aliphatic rings. The van der Waals surface area contributed by atoms with E-state index in [2.05, 4.69) is 17.6 Å². The predicted octanol–water partition coefficient (Wildman–Crippen LogP) is 1.44. The standard InChI is InChI=1S/C21H30N2O5/c1-13-9-16(13)22-11-18(24)17(10-14-5-3-2-4-6-14)23-21(25)28-19-12-27-20-15(19)7-8-26-20/h2-6,13,15-20,22,24H,7-12H2,1H3,(H,23,25)/t13?,15?,16?,17-,18+,19-,20+/m0/s1. The first-order valence-electron chi connectivity index (χ1n) is 10.3. The summed E-state index contributed by atoms with van der Waals surface area (Å²) in [7, 11) is 0. The number of rotatable bonds is 8. The Labute approximate surface area is 165 Å². The Kier molecular flexibility index (Phi) is 6.16. The molecule has 0 spiro atoms. The summed E-state index contributed by atoms with van der Waals surface area (Å²) in [6, 6.07) is 9.88. The molecule has 7 nitrogen and oxygen atoms in total. The van der Waals surface area contributed by atoms with Crippen LogP contribution in [0.3, 0.4) is 0 Å². The van der Waals surface area contributed by atoms with Crippen LogP contribution >= 0.6 is 0 Å². The van der Waals surface area contributed by atoms with Crippen molar-refractivity contribution in [1.82, 2.24) is 10.6 Å². The Hall–Kier alpha value is -1.67. The van der Waals surface area contributed by atoms with Gasteiger partial charge >= 0.3 is 6.09 Å². The maximum atomic E-state index is 12.5. The molecule has 3 N–H and O–H groups in total. The summed E-state index contributed by atoms with van der Waals surface area (Å²) in [5.41, 5.74) is 1.06. The van der Waals surface area contributed by atoms with Gasteiger partial charge in [-0.1, -0.05) is 37.3 Å². The molecule has 7 atom stereocenters. The van der Waals surface area contributed by atoms with E-state index in [0.717, 1.165) is 18.4 Å². The van der Waals surface area contributed by atoms with Gasteiger partial charge in [0.2, 0.25) is 0 Å². The van der Waals surface area contributed by atoms with Crippen LogP contribution in [0.1, 0.15) is 25.3 Å². The van der Waals surface area contributed by atoms with Gasteiger partial charge in [-0.2, -0.15) is 0 Å². The smallest absolute Gasteiger partial charge is 0.407 e. The third-order valence-corrected chi connectivity index (χ3v) is 6.01. The zero-order valence-corrected chi connectivity index (χ0v) is 16.3. The van der Waals surface area contributed by atoms with Gasteiger partial charge in [0, 0.05) is 12.6 Å². The second-order valence-electron chi connectivity index (χ2n) is 8.20. The first kappa shape index (κ1) is 19.6. The molecular weight excluding hydrogens is 360 g/mol. The van der Waals surface area contributed by atoms with Crippen LogP contribution in [0.2, 0.25) is 0 Å². The predicted molar refractivity (Wildman–Crippen MR) is 103 cm³/mol. The Morgan fingerprint density at radius 1 is 1.32 bits per heavy atom. The largest absolute Gasteiger partial charge is 0.443 e. The number of aliphatic hydroxyl groups is 1. The highest BCUT2D eigenvalue weighted by Crippen LogP contribution is 2.33. The lowest BCUT2D eigenvalue weighted by Crippen LogP contribution is -2.50. The average molecular weight is 390 g/mol. The summed E-state index contributed by atoms with van der Waals surface area (Å²) in [5.74, 6) is 0.753. The minimum Gasteiger partial charge on any atom is -0.443 e. The molecule has 1 aliphatic carbocycles. The molecule has 2 heterocycles. The number of benzene rings is 1. The molecule has 2 saturated heterocycles. The normalized spacial score (nSPS) is 33.1. The molecule has 0 aromatic heterocycles. The van der Waals surface area contributed by atoms with E-state index in [9.17, 15) is 9.90 Å². The SMILES string of the molecule is CC1CC1NC[C@@H](O)[C@H](Cc1ccccc1)NC(=O)O[C@H]1CO[C@H]2OCCC21. The van der Waals surface area contributed by atoms with E-state index < -0.39 is 18.2 Å². The number of ether oxygens (including phenoxy) is 3. The summed E-state index contributed by atoms with van der Waals surface area (Å²) < 4.78 is 16.6. The van der Waals surface area contributed by atoms with Crippen LogP contribution in [0.25, 0.3) is 0 Å². The number of aliphatic hydroxyl groups excluding tert-OH is 1. The average Bonchev–Trinajstić information content (AvgIpc) is 3.06. The minimum atomic E-state index is -0.706. The lowest BCUT2D eigenvalue weighted by Gasteiger charge is -2.26. The van der Waals surface area contributed by atoms with Crippen LogP contribution in [0.5, 0.6) is 0 Å². The third-order valence-electron chi connectivity index (χ3n) is 6.01. The Morgan fingerprint density at radius 2 is 2.11 bits per heavy atom. The van der Waals surface area contributed by atoms with E-state index in [1.54, 1.807) is 0 Å². The number of fused-ring (bicyclic) bond motifs is 1. The number of nitrogens with one attached hydrogen (secondary N) is 2. The molecule has 4 rings (SSSR count). The Balaban J connectivity index is 1.34. The highest BCUT2D eigenvalue weighted by Gasteiger charge is 2.44. The number of amides is 1. The second-order valence-corrected chi connectivity index (χ2v) is 8.20. The fraction of sp³-hybridized carbons (Fsp3) is 0.667. The van der Waals surface area contributed by atoms with Crippen molar-refractivity contribution < 1.29 is 24.1 Å². The number of carbonyl (C=O) groups excluding carboxylic acids is 1. The van der Waals surface area contributed by atoms with Gasteiger partial charge in [-0.3, -0.25) is 0 Å². The zero-order valence-electron chi connectivity index (χ0n) is 16.3. The van der Waals surface area contributed by atoms with Gasteiger partial charge in [0.1, 0.15) is 6.10 Å². The zero-order chi connectivity index (χ0) is 19.5. The number of carbonyl (C=O) groups is 1. The van der Waals surface area contributed by atoms with E-state index in [0.29, 0.717) is 38.1 Å². The molecule has 1 aromatic carbocycles. The van der Waals surface area contributed by atoms with Crippen LogP contribution in [0, 0.1) is 11.8 Å². The van der Waals surface area contributed by atoms with E-state index in [-0.39, 0.29) is 18.3 Å². The highest BCUT2D eigenvalue weighted by atomic mass is 16.7. The van der Waals surface area contributed by atoms with Gasteiger partial charge in [0.25, 0.3) is 0 Å². The summed E-state index contributed by atoms with van der Waals surface area (Å²) in [5, 5.41) is 17.0. The number of hydrogen-bond acceptors (Lipinski definition) is 6. The highest BCUT2D eigenvalue weighted by molar-refractivity contribution is 5.68. The lowest BCUT2D eigenvalue weighted by molar-refractivity contribution is -0.0907. The lowest BCUT2D eigenvalue weighted by atomic mass is 10.0. The monoisotopic (exact) mass is 390 g/mol. The van der Waals surface area contributed by atoms with Gasteiger partial charge in [0.05, 0.1) is 31.3 Å². The van der Waals surface area contributed by atoms with Crippen molar-refractivity contribution in [2.75, 3.05) is 19.8 Å². The fourth-order valence-electron chi connectivity index (χ4n) is 4.04. The van der Waals surface area contributed by atoms with Crippen molar-refractivity contribution >= 4 is 6.09 Å². The van der Waals surface area contributed by atoms with Crippen LogP contribution in [-0.2, 0) is 20.6 Å². The van der Waals surface area contributed by atoms with Crippen molar-refractivity contribution in [3.05, 3.63) is 35.9 Å². The maximum absolute atomic E-state index is 12.5. The fourth-order valence-corrected chi connectivity index (χ4v) is 4.04. The molecule has 0 bridgehead atoms. The molecule has 0 radical (unpaired) electrons. The molecule has 28 heavy (non-hydrogen) atoms. The molecule has 3 fully saturated rings. The van der Waals surface area contributed by atoms with Crippen molar-refractivity contribution in [3.63, 3.8) is 0 Å². The Bertz CT molecular complexity index is 657. The topological polar surface area (TPSA) is 89.1 Å². The summed E-state index contributed by atoms with van der Waals surface area (Å²) in [6.45, 7) is 3.62. The number of alkyl carbamates (subject to hydrolysis) is 1. The maximum Gasteiger partial charge on any atom is 0.407 e. The van der Waals surface area contributed by atoms with Gasteiger partial charge in [0.15, 0.2) is 6.29 Å². The minimum absolute atomic E-state index is 0.0984. The van der Waals surface area contributed by atoms with Crippen LogP contribution in [0.4, 0.5) is 4.79 Å². The van der Waals surface area contributed by atoms with Gasteiger partial charge in [-0.15, -0.1) is 0 Å². The molecule has 1 aromatic rings. The first-order chi connectivity index (χ1) is 13.6. The molecule has 2 aliphatic heterocycles. The molecule has 7 heteroatoms. The van der Waals surface area contributed by atoms with E-state index in [1.165, 1.54) is 0 Å². The van der Waals surface area contributed by atoms with E-state index >= 15 is 0 Å². The summed E-state index contributed by atoms with van der Waals surface area (Å²) in [6.07, 6.45) is 0.736. The van der Waals surface area contributed by atoms with Crippen molar-refractivity contribution in [2.45, 2.75) is 56.8 Å². The van der Waals surface area contributed by atoms with Crippen molar-refractivity contribution in [1.29, 1.82) is 0 Å². The molecule has 1 saturated carbocycles. The molecule has 3 unspecified atom stereocenters.